The molecule has 1 unspecified atom stereocenters. The Labute approximate surface area is 257 Å². The standard InChI is InChI=1S/C27H36N2.C5H8.C3H8.2C2H6/c1-8-12-14-15-19-24(6)29(25(11-4)17-10-3)27-21-16-20-26(22-27)28(7)23(5)18-13-9-2;1-3-5-4-2;1-3-2;2*1-2/h9-22,24H,2,5,8H2,1,3-4,6-7H3;3-5H,1H2,2H3;3H2,1-2H3;2*1-2H3/b14-12-,17-10-,18-13-,19-15-,25-11+;5-4-;;;. The molecular weight excluding hydrogens is 496 g/mol. The highest BCUT2D eigenvalue weighted by Crippen LogP contribution is 2.29. The second-order valence-electron chi connectivity index (χ2n) is 8.18. The smallest absolute Gasteiger partial charge is 0.0496 e. The summed E-state index contributed by atoms with van der Waals surface area (Å²) in [6.45, 7) is 34.0. The molecular formula is C39H64N2. The van der Waals surface area contributed by atoms with E-state index in [0.717, 1.165) is 29.2 Å². The largest absolute Gasteiger partial charge is 0.345 e. The minimum Gasteiger partial charge on any atom is -0.345 e. The summed E-state index contributed by atoms with van der Waals surface area (Å²) in [7, 11) is 2.03. The summed E-state index contributed by atoms with van der Waals surface area (Å²) in [5.74, 6) is 0. The molecule has 230 valence electrons. The SMILES string of the molecule is C=C/C=C\C.C=C/C=C\C(=C)N(C)c1cccc(N(C(/C=C\C)=C/C)C(C)/C=C\C=C/CC)c1.CC.CC.CCC. The van der Waals surface area contributed by atoms with E-state index in [1.807, 2.05) is 72.9 Å². The molecule has 1 atom stereocenters. The van der Waals surface area contributed by atoms with E-state index in [4.69, 9.17) is 0 Å². The lowest BCUT2D eigenvalue weighted by Crippen LogP contribution is -2.30. The van der Waals surface area contributed by atoms with Crippen LogP contribution in [-0.2, 0) is 0 Å². The topological polar surface area (TPSA) is 6.48 Å². The summed E-state index contributed by atoms with van der Waals surface area (Å²) in [4.78, 5) is 4.42. The monoisotopic (exact) mass is 561 g/mol. The Morgan fingerprint density at radius 1 is 0.829 bits per heavy atom. The number of rotatable bonds is 12. The van der Waals surface area contributed by atoms with Crippen LogP contribution in [0.1, 0.15) is 89.0 Å². The lowest BCUT2D eigenvalue weighted by molar-refractivity contribution is 0.831. The van der Waals surface area contributed by atoms with Gasteiger partial charge < -0.3 is 9.80 Å². The first-order valence-electron chi connectivity index (χ1n) is 15.3. The van der Waals surface area contributed by atoms with Gasteiger partial charge in [0.1, 0.15) is 0 Å². The summed E-state index contributed by atoms with van der Waals surface area (Å²) >= 11 is 0. The van der Waals surface area contributed by atoms with E-state index < -0.39 is 0 Å². The van der Waals surface area contributed by atoms with Crippen molar-refractivity contribution in [3.8, 4) is 0 Å². The normalized spacial score (nSPS) is 11.5. The van der Waals surface area contributed by atoms with Crippen LogP contribution in [0.4, 0.5) is 11.4 Å². The van der Waals surface area contributed by atoms with Gasteiger partial charge in [0, 0.05) is 35.9 Å². The molecule has 0 heterocycles. The van der Waals surface area contributed by atoms with Crippen LogP contribution >= 0.6 is 0 Å². The molecule has 41 heavy (non-hydrogen) atoms. The number of likely N-dealkylation sites (N-methyl/N-ethyl adjacent to an activating group) is 1. The summed E-state index contributed by atoms with van der Waals surface area (Å²) in [6, 6.07) is 8.74. The maximum Gasteiger partial charge on any atom is 0.0496 e. The second-order valence-corrected chi connectivity index (χ2v) is 8.18. The maximum absolute atomic E-state index is 4.15. The third-order valence-corrected chi connectivity index (χ3v) is 4.87. The van der Waals surface area contributed by atoms with Crippen molar-refractivity contribution < 1.29 is 0 Å². The average Bonchev–Trinajstić information content (AvgIpc) is 3.00. The summed E-state index contributed by atoms with van der Waals surface area (Å²) in [5.41, 5.74) is 4.29. The molecule has 0 aliphatic carbocycles. The van der Waals surface area contributed by atoms with Crippen molar-refractivity contribution in [1.29, 1.82) is 0 Å². The highest BCUT2D eigenvalue weighted by Gasteiger charge is 2.16. The van der Waals surface area contributed by atoms with Crippen LogP contribution in [0.15, 0.2) is 134 Å². The van der Waals surface area contributed by atoms with Crippen LogP contribution in [-0.4, -0.2) is 13.1 Å². The molecule has 0 spiro atoms. The van der Waals surface area contributed by atoms with Crippen molar-refractivity contribution in [3.05, 3.63) is 134 Å². The van der Waals surface area contributed by atoms with Gasteiger partial charge in [-0.15, -0.1) is 0 Å². The van der Waals surface area contributed by atoms with Crippen molar-refractivity contribution in [2.45, 2.75) is 95.0 Å². The number of nitrogens with zero attached hydrogens (tertiary/aromatic N) is 2. The van der Waals surface area contributed by atoms with Crippen molar-refractivity contribution in [3.63, 3.8) is 0 Å². The van der Waals surface area contributed by atoms with E-state index >= 15 is 0 Å². The van der Waals surface area contributed by atoms with Gasteiger partial charge in [0.15, 0.2) is 0 Å². The lowest BCUT2D eigenvalue weighted by Gasteiger charge is -2.32. The molecule has 1 rings (SSSR count). The number of allylic oxidation sites excluding steroid dienone is 12. The van der Waals surface area contributed by atoms with Gasteiger partial charge in [-0.1, -0.05) is 148 Å². The third-order valence-electron chi connectivity index (χ3n) is 4.87. The predicted octanol–water partition coefficient (Wildman–Crippen LogP) is 12.8. The molecule has 0 aliphatic rings. The Bertz CT molecular complexity index is 938. The highest BCUT2D eigenvalue weighted by atomic mass is 15.2. The maximum atomic E-state index is 4.15. The van der Waals surface area contributed by atoms with Gasteiger partial charge in [0.05, 0.1) is 0 Å². The fourth-order valence-corrected chi connectivity index (χ4v) is 3.08. The molecule has 0 saturated heterocycles. The van der Waals surface area contributed by atoms with Crippen LogP contribution in [0, 0.1) is 0 Å². The summed E-state index contributed by atoms with van der Waals surface area (Å²) in [6.07, 6.45) is 28.5. The zero-order valence-electron chi connectivity index (χ0n) is 28.8. The molecule has 1 aromatic carbocycles. The Kier molecular flexibility index (Phi) is 37.5. The van der Waals surface area contributed by atoms with E-state index in [0.29, 0.717) is 0 Å². The van der Waals surface area contributed by atoms with E-state index in [9.17, 15) is 0 Å². The zero-order valence-corrected chi connectivity index (χ0v) is 28.8. The van der Waals surface area contributed by atoms with Crippen molar-refractivity contribution in [2.75, 3.05) is 16.8 Å². The average molecular weight is 561 g/mol. The van der Waals surface area contributed by atoms with Gasteiger partial charge in [0.25, 0.3) is 0 Å². The Balaban J connectivity index is -0.000000487. The molecule has 0 aliphatic heterocycles. The van der Waals surface area contributed by atoms with Gasteiger partial charge in [-0.25, -0.2) is 0 Å². The van der Waals surface area contributed by atoms with Crippen molar-refractivity contribution in [2.24, 2.45) is 0 Å². The molecule has 0 radical (unpaired) electrons. The zero-order chi connectivity index (χ0) is 32.5. The van der Waals surface area contributed by atoms with Crippen LogP contribution in [0.3, 0.4) is 0 Å². The minimum absolute atomic E-state index is 0.198. The number of anilines is 2. The first kappa shape index (κ1) is 44.5. The number of hydrogen-bond donors (Lipinski definition) is 0. The van der Waals surface area contributed by atoms with Gasteiger partial charge in [0.2, 0.25) is 0 Å². The molecule has 2 nitrogen and oxygen atoms in total. The fraction of sp³-hybridized carbons (Fsp3) is 0.385. The molecule has 0 N–H and O–H groups in total. The number of benzene rings is 1. The Morgan fingerprint density at radius 2 is 1.39 bits per heavy atom. The molecule has 0 aromatic heterocycles. The van der Waals surface area contributed by atoms with Crippen LogP contribution < -0.4 is 9.80 Å². The Hall–Kier alpha value is -3.52. The van der Waals surface area contributed by atoms with Gasteiger partial charge in [-0.05, 0) is 64.5 Å². The second kappa shape index (κ2) is 34.5. The highest BCUT2D eigenvalue weighted by molar-refractivity contribution is 5.66. The van der Waals surface area contributed by atoms with Crippen LogP contribution in [0.2, 0.25) is 0 Å². The first-order valence-corrected chi connectivity index (χ1v) is 15.3. The molecule has 0 bridgehead atoms. The number of hydrogen-bond acceptors (Lipinski definition) is 2. The third kappa shape index (κ3) is 22.9. The van der Waals surface area contributed by atoms with Gasteiger partial charge >= 0.3 is 0 Å². The molecule has 0 amide bonds. The van der Waals surface area contributed by atoms with E-state index in [1.54, 1.807) is 12.2 Å². The molecule has 0 saturated carbocycles. The van der Waals surface area contributed by atoms with Gasteiger partial charge in [-0.2, -0.15) is 0 Å². The fourth-order valence-electron chi connectivity index (χ4n) is 3.08. The van der Waals surface area contributed by atoms with E-state index in [2.05, 4.69) is 131 Å². The lowest BCUT2D eigenvalue weighted by atomic mass is 10.1. The summed E-state index contributed by atoms with van der Waals surface area (Å²) in [5, 5.41) is 0. The van der Waals surface area contributed by atoms with E-state index in [1.165, 1.54) is 6.42 Å². The first-order chi connectivity index (χ1) is 19.8. The predicted molar refractivity (Wildman–Crippen MR) is 196 cm³/mol. The van der Waals surface area contributed by atoms with Crippen molar-refractivity contribution >= 4 is 11.4 Å². The summed E-state index contributed by atoms with van der Waals surface area (Å²) < 4.78 is 0. The Morgan fingerprint density at radius 3 is 1.83 bits per heavy atom. The molecule has 0 fully saturated rings. The quantitative estimate of drug-likeness (QED) is 0.235. The van der Waals surface area contributed by atoms with E-state index in [-0.39, 0.29) is 6.04 Å². The van der Waals surface area contributed by atoms with Crippen LogP contribution in [0.25, 0.3) is 0 Å². The van der Waals surface area contributed by atoms with Gasteiger partial charge in [-0.3, -0.25) is 0 Å². The molecule has 2 heteroatoms. The molecule has 1 aromatic rings. The minimum atomic E-state index is 0.198. The van der Waals surface area contributed by atoms with Crippen LogP contribution in [0.5, 0.6) is 0 Å². The van der Waals surface area contributed by atoms with Crippen molar-refractivity contribution in [1.82, 2.24) is 0 Å².